The highest BCUT2D eigenvalue weighted by atomic mass is 35.5. The number of nitrogens with zero attached hydrogens (tertiary/aromatic N) is 1. The van der Waals surface area contributed by atoms with E-state index in [4.69, 9.17) is 0 Å². The number of hydrogen-bond donors (Lipinski definition) is 0. The van der Waals surface area contributed by atoms with E-state index in [1.54, 1.807) is 11.3 Å². The topological polar surface area (TPSA) is 20.3 Å². The molecule has 0 saturated carbocycles. The first-order valence-corrected chi connectivity index (χ1v) is 9.26. The third kappa shape index (κ3) is 3.51. The van der Waals surface area contributed by atoms with Gasteiger partial charge in [-0.05, 0) is 48.7 Å². The molecule has 5 heteroatoms. The molecule has 1 aliphatic heterocycles. The maximum absolute atomic E-state index is 12.5. The van der Waals surface area contributed by atoms with Crippen LogP contribution in [0.15, 0.2) is 46.0 Å². The Morgan fingerprint density at radius 2 is 2.00 bits per heavy atom. The van der Waals surface area contributed by atoms with Crippen molar-refractivity contribution in [3.8, 4) is 0 Å². The maximum atomic E-state index is 12.5. The van der Waals surface area contributed by atoms with Crippen LogP contribution in [-0.4, -0.2) is 29.7 Å². The van der Waals surface area contributed by atoms with Gasteiger partial charge in [-0.3, -0.25) is 4.21 Å². The predicted octanol–water partition coefficient (Wildman–Crippen LogP) is 4.17. The summed E-state index contributed by atoms with van der Waals surface area (Å²) < 4.78 is 13.6. The minimum absolute atomic E-state index is 0. The monoisotopic (exact) mass is 353 g/mol. The van der Waals surface area contributed by atoms with E-state index < -0.39 is 10.8 Å². The average Bonchev–Trinajstić information content (AvgIpc) is 2.90. The van der Waals surface area contributed by atoms with E-state index in [2.05, 4.69) is 54.7 Å². The van der Waals surface area contributed by atoms with E-state index >= 15 is 0 Å². The summed E-state index contributed by atoms with van der Waals surface area (Å²) >= 11 is 1.61. The normalized spacial score (nSPS) is 18.5. The molecule has 1 aliphatic rings. The summed E-state index contributed by atoms with van der Waals surface area (Å²) in [5, 5.41) is 2.05. The summed E-state index contributed by atoms with van der Waals surface area (Å²) in [6.45, 7) is 1.02. The zero-order chi connectivity index (χ0) is 14.8. The molecule has 2 nitrogen and oxygen atoms in total. The molecule has 0 fully saturated rings. The predicted molar refractivity (Wildman–Crippen MR) is 98.4 cm³/mol. The van der Waals surface area contributed by atoms with Gasteiger partial charge in [0.05, 0.1) is 20.8 Å². The highest BCUT2D eigenvalue weighted by molar-refractivity contribution is 7.86. The molecule has 22 heavy (non-hydrogen) atoms. The highest BCUT2D eigenvalue weighted by Crippen LogP contribution is 2.38. The lowest BCUT2D eigenvalue weighted by molar-refractivity contribution is 0.417. The van der Waals surface area contributed by atoms with Crippen molar-refractivity contribution in [3.05, 3.63) is 58.5 Å². The van der Waals surface area contributed by atoms with Crippen molar-refractivity contribution in [1.82, 2.24) is 4.90 Å². The van der Waals surface area contributed by atoms with E-state index in [0.29, 0.717) is 5.75 Å². The highest BCUT2D eigenvalue weighted by Gasteiger charge is 2.23. The molecule has 2 aromatic rings. The number of benzene rings is 1. The van der Waals surface area contributed by atoms with Crippen LogP contribution in [0.2, 0.25) is 0 Å². The average molecular weight is 354 g/mol. The summed E-state index contributed by atoms with van der Waals surface area (Å²) in [7, 11) is 3.25. The van der Waals surface area contributed by atoms with Gasteiger partial charge in [-0.15, -0.1) is 23.7 Å². The second kappa shape index (κ2) is 7.55. The Morgan fingerprint density at radius 1 is 1.23 bits per heavy atom. The van der Waals surface area contributed by atoms with Crippen LogP contribution in [0, 0.1) is 0 Å². The van der Waals surface area contributed by atoms with Crippen molar-refractivity contribution in [2.45, 2.75) is 16.4 Å². The minimum atomic E-state index is -0.931. The Hall–Kier alpha value is -0.940. The fourth-order valence-electron chi connectivity index (χ4n) is 2.62. The standard InChI is InChI=1S/C17H19NOS2.ClH/c1-18(2)10-5-8-15-14-7-4-3-6-13(14)12-21(19)17-16(15)9-11-20-17;/h3-4,6-9,11H,5,10,12H2,1-2H3;1H/b15-8+;. The van der Waals surface area contributed by atoms with Crippen molar-refractivity contribution >= 4 is 40.1 Å². The molecule has 1 atom stereocenters. The van der Waals surface area contributed by atoms with E-state index in [1.807, 2.05) is 6.07 Å². The number of hydrogen-bond acceptors (Lipinski definition) is 3. The first-order chi connectivity index (χ1) is 10.2. The lowest BCUT2D eigenvalue weighted by Crippen LogP contribution is -2.12. The molecule has 0 aliphatic carbocycles. The molecule has 2 heterocycles. The number of fused-ring (bicyclic) bond motifs is 2. The van der Waals surface area contributed by atoms with Gasteiger partial charge in [-0.1, -0.05) is 30.3 Å². The quantitative estimate of drug-likeness (QED) is 0.825. The molecule has 1 unspecified atom stereocenters. The van der Waals surface area contributed by atoms with Crippen LogP contribution in [0.3, 0.4) is 0 Å². The van der Waals surface area contributed by atoms with E-state index in [1.165, 1.54) is 16.7 Å². The SMILES string of the molecule is CN(C)CC/C=C1\c2ccccc2CS(=O)c2sccc21.Cl. The first kappa shape index (κ1) is 17.4. The maximum Gasteiger partial charge on any atom is 0.0992 e. The fraction of sp³-hybridized carbons (Fsp3) is 0.294. The zero-order valence-electron chi connectivity index (χ0n) is 12.7. The molecular weight excluding hydrogens is 334 g/mol. The fourth-order valence-corrected chi connectivity index (χ4v) is 5.11. The lowest BCUT2D eigenvalue weighted by Gasteiger charge is -2.11. The van der Waals surface area contributed by atoms with Crippen molar-refractivity contribution in [1.29, 1.82) is 0 Å². The molecule has 3 rings (SSSR count). The zero-order valence-corrected chi connectivity index (χ0v) is 15.2. The van der Waals surface area contributed by atoms with E-state index in [-0.39, 0.29) is 12.4 Å². The van der Waals surface area contributed by atoms with Crippen molar-refractivity contribution in [2.24, 2.45) is 0 Å². The Kier molecular flexibility index (Phi) is 5.98. The third-order valence-electron chi connectivity index (χ3n) is 3.65. The molecule has 1 aromatic heterocycles. The van der Waals surface area contributed by atoms with Crippen LogP contribution in [0.1, 0.15) is 23.1 Å². The third-order valence-corrected chi connectivity index (χ3v) is 6.40. The van der Waals surface area contributed by atoms with Crippen LogP contribution < -0.4 is 0 Å². The molecule has 118 valence electrons. The summed E-state index contributed by atoms with van der Waals surface area (Å²) in [6.07, 6.45) is 3.30. The number of halogens is 1. The first-order valence-electron chi connectivity index (χ1n) is 7.06. The van der Waals surface area contributed by atoms with E-state index in [0.717, 1.165) is 22.7 Å². The van der Waals surface area contributed by atoms with Crippen LogP contribution in [-0.2, 0) is 16.6 Å². The Labute approximate surface area is 144 Å². The minimum Gasteiger partial charge on any atom is -0.309 e. The molecule has 0 amide bonds. The Bertz CT molecular complexity index is 706. The number of thiophene rings is 1. The van der Waals surface area contributed by atoms with Crippen molar-refractivity contribution in [2.75, 3.05) is 20.6 Å². The van der Waals surface area contributed by atoms with Gasteiger partial charge in [0.1, 0.15) is 0 Å². The van der Waals surface area contributed by atoms with Gasteiger partial charge in [-0.25, -0.2) is 0 Å². The second-order valence-electron chi connectivity index (χ2n) is 5.48. The van der Waals surface area contributed by atoms with Gasteiger partial charge in [0.2, 0.25) is 0 Å². The van der Waals surface area contributed by atoms with Gasteiger partial charge in [0.15, 0.2) is 0 Å². The van der Waals surface area contributed by atoms with Crippen LogP contribution in [0.5, 0.6) is 0 Å². The lowest BCUT2D eigenvalue weighted by atomic mass is 9.95. The molecule has 0 bridgehead atoms. The van der Waals surface area contributed by atoms with Crippen molar-refractivity contribution in [3.63, 3.8) is 0 Å². The summed E-state index contributed by atoms with van der Waals surface area (Å²) in [5.74, 6) is 0.620. The smallest absolute Gasteiger partial charge is 0.0992 e. The molecule has 0 spiro atoms. The van der Waals surface area contributed by atoms with E-state index in [9.17, 15) is 4.21 Å². The second-order valence-corrected chi connectivity index (χ2v) is 8.04. The van der Waals surface area contributed by atoms with Gasteiger partial charge >= 0.3 is 0 Å². The number of rotatable bonds is 3. The van der Waals surface area contributed by atoms with Gasteiger partial charge < -0.3 is 4.90 Å². The molecule has 1 aromatic carbocycles. The largest absolute Gasteiger partial charge is 0.309 e. The summed E-state index contributed by atoms with van der Waals surface area (Å²) in [4.78, 5) is 2.19. The van der Waals surface area contributed by atoms with Crippen molar-refractivity contribution < 1.29 is 4.21 Å². The molecule has 0 radical (unpaired) electrons. The Balaban J connectivity index is 0.00000176. The van der Waals surface area contributed by atoms with Crippen LogP contribution >= 0.6 is 23.7 Å². The summed E-state index contributed by atoms with van der Waals surface area (Å²) in [5.41, 5.74) is 4.83. The summed E-state index contributed by atoms with van der Waals surface area (Å²) in [6, 6.07) is 10.5. The molecular formula is C17H20ClNOS2. The van der Waals surface area contributed by atoms with Crippen LogP contribution in [0.4, 0.5) is 0 Å². The molecule has 0 saturated heterocycles. The Morgan fingerprint density at radius 3 is 2.77 bits per heavy atom. The van der Waals surface area contributed by atoms with Gasteiger partial charge in [0, 0.05) is 12.1 Å². The molecule has 0 N–H and O–H groups in total. The van der Waals surface area contributed by atoms with Gasteiger partial charge in [-0.2, -0.15) is 0 Å². The van der Waals surface area contributed by atoms with Crippen LogP contribution in [0.25, 0.3) is 5.57 Å². The van der Waals surface area contributed by atoms with Gasteiger partial charge in [0.25, 0.3) is 0 Å².